The third kappa shape index (κ3) is 15.5. The second kappa shape index (κ2) is 25.2. The summed E-state index contributed by atoms with van der Waals surface area (Å²) in [6.45, 7) is 11.2. The van der Waals surface area contributed by atoms with Gasteiger partial charge in [0, 0.05) is 37.0 Å². The van der Waals surface area contributed by atoms with Crippen LogP contribution in [-0.4, -0.2) is 73.6 Å². The molecule has 3 aromatic carbocycles. The quantitative estimate of drug-likeness (QED) is 0.0454. The zero-order valence-electron chi connectivity index (χ0n) is 34.1. The van der Waals surface area contributed by atoms with Gasteiger partial charge in [-0.1, -0.05) is 109 Å². The summed E-state index contributed by atoms with van der Waals surface area (Å²) in [6.07, 6.45) is 6.62. The van der Waals surface area contributed by atoms with Crippen LogP contribution in [0, 0.1) is 17.8 Å². The van der Waals surface area contributed by atoms with E-state index in [9.17, 15) is 28.8 Å². The largest absolute Gasteiger partial charge is 0.464 e. The van der Waals surface area contributed by atoms with E-state index in [1.807, 2.05) is 91.0 Å². The molecule has 0 bridgehead atoms. The molecule has 0 aromatic heterocycles. The Bertz CT molecular complexity index is 1660. The molecular formula is C48H57N3O9. The van der Waals surface area contributed by atoms with E-state index in [0.717, 1.165) is 16.7 Å². The lowest BCUT2D eigenvalue weighted by atomic mass is 9.73. The van der Waals surface area contributed by atoms with E-state index in [1.54, 1.807) is 18.2 Å². The molecule has 0 aliphatic heterocycles. The number of benzene rings is 3. The summed E-state index contributed by atoms with van der Waals surface area (Å²) in [5, 5.41) is 8.56. The Morgan fingerprint density at radius 3 is 0.950 bits per heavy atom. The predicted molar refractivity (Wildman–Crippen MR) is 228 cm³/mol. The minimum atomic E-state index is -1.06. The molecule has 1 aliphatic rings. The molecule has 0 radical (unpaired) electrons. The topological polar surface area (TPSA) is 166 Å². The van der Waals surface area contributed by atoms with Crippen LogP contribution in [-0.2, 0) is 62.2 Å². The number of esters is 3. The first-order chi connectivity index (χ1) is 29.1. The average molecular weight is 820 g/mol. The number of amides is 3. The first kappa shape index (κ1) is 46.4. The summed E-state index contributed by atoms with van der Waals surface area (Å²) < 4.78 is 16.4. The third-order valence-electron chi connectivity index (χ3n) is 10.2. The second-order valence-corrected chi connectivity index (χ2v) is 14.8. The monoisotopic (exact) mass is 819 g/mol. The molecule has 60 heavy (non-hydrogen) atoms. The van der Waals surface area contributed by atoms with Crippen molar-refractivity contribution in [1.29, 1.82) is 0 Å². The van der Waals surface area contributed by atoms with E-state index in [4.69, 9.17) is 14.2 Å². The van der Waals surface area contributed by atoms with Crippen molar-refractivity contribution in [1.82, 2.24) is 16.0 Å². The van der Waals surface area contributed by atoms with Gasteiger partial charge in [0.05, 0.1) is 19.8 Å². The lowest BCUT2D eigenvalue weighted by Crippen LogP contribution is -2.52. The molecule has 3 atom stereocenters. The maximum atomic E-state index is 14.2. The Balaban J connectivity index is 1.62. The van der Waals surface area contributed by atoms with Crippen molar-refractivity contribution in [2.24, 2.45) is 17.8 Å². The van der Waals surface area contributed by atoms with E-state index < -0.39 is 71.5 Å². The van der Waals surface area contributed by atoms with Gasteiger partial charge < -0.3 is 30.2 Å². The molecule has 1 fully saturated rings. The Hall–Kier alpha value is -6.30. The van der Waals surface area contributed by atoms with Crippen LogP contribution in [0.15, 0.2) is 129 Å². The highest BCUT2D eigenvalue weighted by Gasteiger charge is 2.42. The van der Waals surface area contributed by atoms with Crippen molar-refractivity contribution in [3.63, 3.8) is 0 Å². The fourth-order valence-corrected chi connectivity index (χ4v) is 6.99. The standard InChI is InChI=1S/C48H57N3O9/c1-4-7-25-58-46(55)40(28-34-19-13-10-14-20-34)49-43(52)37-31-38(44(53)50-41(47(56)59-26-8-5-2)29-35-21-15-11-16-22-35)33-39(32-37)45(54)51-42(48(57)60-27-9-6-3)30-36-23-17-12-18-24-36/h4-6,10-24,37-42H,1-3,7-9,25-33H2,(H,49,52)(H,50,53)(H,51,54). The minimum absolute atomic E-state index is 0.0195. The van der Waals surface area contributed by atoms with Gasteiger partial charge in [-0.15, -0.1) is 19.7 Å². The molecule has 1 saturated carbocycles. The third-order valence-corrected chi connectivity index (χ3v) is 10.2. The predicted octanol–water partition coefficient (Wildman–Crippen LogP) is 5.56. The Morgan fingerprint density at radius 2 is 0.717 bits per heavy atom. The lowest BCUT2D eigenvalue weighted by molar-refractivity contribution is -0.150. The van der Waals surface area contributed by atoms with Crippen LogP contribution >= 0.6 is 0 Å². The number of carbonyl (C=O) groups is 6. The first-order valence-electron chi connectivity index (χ1n) is 20.5. The van der Waals surface area contributed by atoms with E-state index >= 15 is 0 Å². The summed E-state index contributed by atoms with van der Waals surface area (Å²) >= 11 is 0. The maximum absolute atomic E-state index is 14.2. The van der Waals surface area contributed by atoms with Crippen molar-refractivity contribution < 1.29 is 43.0 Å². The fourth-order valence-electron chi connectivity index (χ4n) is 6.99. The van der Waals surface area contributed by atoms with Crippen molar-refractivity contribution in [2.75, 3.05) is 19.8 Å². The summed E-state index contributed by atoms with van der Waals surface area (Å²) in [7, 11) is 0. The van der Waals surface area contributed by atoms with Crippen molar-refractivity contribution in [3.05, 3.63) is 146 Å². The zero-order chi connectivity index (χ0) is 43.1. The highest BCUT2D eigenvalue weighted by atomic mass is 16.5. The van der Waals surface area contributed by atoms with Gasteiger partial charge in [-0.25, -0.2) is 14.4 Å². The number of hydrogen-bond donors (Lipinski definition) is 3. The molecule has 3 aromatic rings. The van der Waals surface area contributed by atoms with Gasteiger partial charge in [-0.2, -0.15) is 0 Å². The molecule has 3 N–H and O–H groups in total. The SMILES string of the molecule is C=CCCOC(=O)C(Cc1ccccc1)NC(=O)C1CC(C(=O)NC(Cc2ccccc2)C(=O)OCCC=C)CC(C(=O)NC(Cc2ccccc2)C(=O)OCCC=C)C1. The van der Waals surface area contributed by atoms with Gasteiger partial charge in [0.25, 0.3) is 0 Å². The summed E-state index contributed by atoms with van der Waals surface area (Å²) in [4.78, 5) is 82.8. The molecule has 12 heteroatoms. The molecule has 0 heterocycles. The lowest BCUT2D eigenvalue weighted by Gasteiger charge is -2.34. The number of ether oxygens (including phenoxy) is 3. The van der Waals surface area contributed by atoms with Crippen LogP contribution in [0.4, 0.5) is 0 Å². The van der Waals surface area contributed by atoms with Crippen molar-refractivity contribution in [3.8, 4) is 0 Å². The van der Waals surface area contributed by atoms with Crippen LogP contribution in [0.1, 0.15) is 55.2 Å². The second-order valence-electron chi connectivity index (χ2n) is 14.8. The summed E-state index contributed by atoms with van der Waals surface area (Å²) in [5.74, 6) is -6.26. The Kier molecular flexibility index (Phi) is 19.5. The van der Waals surface area contributed by atoms with Crippen molar-refractivity contribution in [2.45, 2.75) is 75.9 Å². The summed E-state index contributed by atoms with van der Waals surface area (Å²) in [5.41, 5.74) is 2.36. The van der Waals surface area contributed by atoms with Gasteiger partial charge >= 0.3 is 17.9 Å². The van der Waals surface area contributed by atoms with Gasteiger partial charge in [-0.3, -0.25) is 14.4 Å². The van der Waals surface area contributed by atoms with Gasteiger partial charge in [0.1, 0.15) is 18.1 Å². The first-order valence-corrected chi connectivity index (χ1v) is 20.5. The van der Waals surface area contributed by atoms with Gasteiger partial charge in [0.2, 0.25) is 17.7 Å². The number of hydrogen-bond acceptors (Lipinski definition) is 9. The normalized spacial score (nSPS) is 17.3. The zero-order valence-corrected chi connectivity index (χ0v) is 34.1. The molecule has 3 amide bonds. The smallest absolute Gasteiger partial charge is 0.328 e. The van der Waals surface area contributed by atoms with Crippen LogP contribution in [0.2, 0.25) is 0 Å². The highest BCUT2D eigenvalue weighted by molar-refractivity contribution is 5.91. The fraction of sp³-hybridized carbons (Fsp3) is 0.375. The maximum Gasteiger partial charge on any atom is 0.328 e. The van der Waals surface area contributed by atoms with Crippen LogP contribution < -0.4 is 16.0 Å². The van der Waals surface area contributed by atoms with Crippen LogP contribution in [0.25, 0.3) is 0 Å². The molecule has 3 unspecified atom stereocenters. The molecule has 1 aliphatic carbocycles. The number of nitrogens with one attached hydrogen (secondary N) is 3. The molecule has 318 valence electrons. The Labute approximate surface area is 352 Å². The molecule has 12 nitrogen and oxygen atoms in total. The Morgan fingerprint density at radius 1 is 0.467 bits per heavy atom. The van der Waals surface area contributed by atoms with E-state index in [0.29, 0.717) is 19.3 Å². The van der Waals surface area contributed by atoms with E-state index in [1.165, 1.54) is 0 Å². The van der Waals surface area contributed by atoms with Gasteiger partial charge in [-0.05, 0) is 55.2 Å². The van der Waals surface area contributed by atoms with Crippen LogP contribution in [0.3, 0.4) is 0 Å². The van der Waals surface area contributed by atoms with Crippen molar-refractivity contribution >= 4 is 35.6 Å². The average Bonchev–Trinajstić information content (AvgIpc) is 3.26. The summed E-state index contributed by atoms with van der Waals surface area (Å²) in [6, 6.07) is 24.3. The number of carbonyl (C=O) groups excluding carboxylic acids is 6. The number of rotatable bonds is 24. The van der Waals surface area contributed by atoms with Crippen LogP contribution in [0.5, 0.6) is 0 Å². The molecule has 0 saturated heterocycles. The van der Waals surface area contributed by atoms with Gasteiger partial charge in [0.15, 0.2) is 0 Å². The minimum Gasteiger partial charge on any atom is -0.464 e. The molecule has 4 rings (SSSR count). The highest BCUT2D eigenvalue weighted by Crippen LogP contribution is 2.35. The molecular weight excluding hydrogens is 763 g/mol. The van der Waals surface area contributed by atoms with E-state index in [-0.39, 0.29) is 58.3 Å². The molecule has 0 spiro atoms. The van der Waals surface area contributed by atoms with E-state index in [2.05, 4.69) is 35.7 Å².